The zero-order valence-corrected chi connectivity index (χ0v) is 8.60. The normalized spacial score (nSPS) is 14.9. The van der Waals surface area contributed by atoms with Gasteiger partial charge >= 0.3 is 0 Å². The van der Waals surface area contributed by atoms with E-state index in [0.29, 0.717) is 11.2 Å². The Bertz CT molecular complexity index is 326. The van der Waals surface area contributed by atoms with Crippen LogP contribution in [-0.2, 0) is 12.8 Å². The monoisotopic (exact) mass is 207 g/mol. The van der Waals surface area contributed by atoms with Crippen LogP contribution in [0.2, 0.25) is 0 Å². The number of fused-ring (bicyclic) bond motifs is 1. The standard InChI is InChI=1S/C10H13N3S/c11-13-10(14)12-9-5-7-3-1-2-4-8(7)6-9/h1-4,9H,5-6,11H2,(H2,12,13,14). The van der Waals surface area contributed by atoms with Crippen molar-refractivity contribution in [1.29, 1.82) is 0 Å². The molecule has 1 aromatic carbocycles. The topological polar surface area (TPSA) is 50.1 Å². The van der Waals surface area contributed by atoms with Gasteiger partial charge in [0, 0.05) is 6.04 Å². The molecule has 0 fully saturated rings. The van der Waals surface area contributed by atoms with Crippen LogP contribution in [0.15, 0.2) is 24.3 Å². The molecule has 0 amide bonds. The van der Waals surface area contributed by atoms with Crippen molar-refractivity contribution in [3.8, 4) is 0 Å². The van der Waals surface area contributed by atoms with Crippen LogP contribution in [0.3, 0.4) is 0 Å². The summed E-state index contributed by atoms with van der Waals surface area (Å²) in [4.78, 5) is 0. The molecule has 1 aromatic rings. The van der Waals surface area contributed by atoms with E-state index >= 15 is 0 Å². The van der Waals surface area contributed by atoms with Crippen molar-refractivity contribution in [1.82, 2.24) is 10.7 Å². The van der Waals surface area contributed by atoms with Crippen LogP contribution < -0.4 is 16.6 Å². The molecule has 0 unspecified atom stereocenters. The first-order valence-electron chi connectivity index (χ1n) is 4.63. The third-order valence-electron chi connectivity index (χ3n) is 2.52. The van der Waals surface area contributed by atoms with Gasteiger partial charge in [-0.1, -0.05) is 24.3 Å². The van der Waals surface area contributed by atoms with Gasteiger partial charge in [-0.3, -0.25) is 0 Å². The summed E-state index contributed by atoms with van der Waals surface area (Å²) in [6, 6.07) is 8.85. The molecule has 0 heterocycles. The molecule has 4 N–H and O–H groups in total. The molecule has 1 aliphatic carbocycles. The van der Waals surface area contributed by atoms with Crippen molar-refractivity contribution in [2.45, 2.75) is 18.9 Å². The van der Waals surface area contributed by atoms with Crippen LogP contribution in [0.4, 0.5) is 0 Å². The summed E-state index contributed by atoms with van der Waals surface area (Å²) in [6.45, 7) is 0. The molecule has 2 rings (SSSR count). The van der Waals surface area contributed by atoms with Gasteiger partial charge in [0.2, 0.25) is 0 Å². The van der Waals surface area contributed by atoms with E-state index in [-0.39, 0.29) is 0 Å². The highest BCUT2D eigenvalue weighted by Gasteiger charge is 2.20. The molecular formula is C10H13N3S. The van der Waals surface area contributed by atoms with Crippen molar-refractivity contribution in [3.05, 3.63) is 35.4 Å². The lowest BCUT2D eigenvalue weighted by molar-refractivity contribution is 0.636. The number of nitrogens with two attached hydrogens (primary N) is 1. The lowest BCUT2D eigenvalue weighted by Crippen LogP contribution is -2.45. The zero-order valence-electron chi connectivity index (χ0n) is 7.79. The molecule has 3 nitrogen and oxygen atoms in total. The quantitative estimate of drug-likeness (QED) is 0.356. The van der Waals surface area contributed by atoms with Crippen molar-refractivity contribution in [2.24, 2.45) is 5.84 Å². The highest BCUT2D eigenvalue weighted by atomic mass is 32.1. The van der Waals surface area contributed by atoms with E-state index in [1.54, 1.807) is 0 Å². The maximum atomic E-state index is 5.20. The molecule has 14 heavy (non-hydrogen) atoms. The predicted octanol–water partition coefficient (Wildman–Crippen LogP) is 0.492. The van der Waals surface area contributed by atoms with Crippen molar-refractivity contribution in [3.63, 3.8) is 0 Å². The first-order valence-corrected chi connectivity index (χ1v) is 5.04. The van der Waals surface area contributed by atoms with Crippen LogP contribution in [0.5, 0.6) is 0 Å². The van der Waals surface area contributed by atoms with Gasteiger partial charge < -0.3 is 10.7 Å². The van der Waals surface area contributed by atoms with E-state index in [1.807, 2.05) is 0 Å². The lowest BCUT2D eigenvalue weighted by atomic mass is 10.1. The van der Waals surface area contributed by atoms with Gasteiger partial charge in [-0.25, -0.2) is 5.84 Å². The Morgan fingerprint density at radius 3 is 2.36 bits per heavy atom. The highest BCUT2D eigenvalue weighted by molar-refractivity contribution is 7.80. The van der Waals surface area contributed by atoms with E-state index in [9.17, 15) is 0 Å². The number of hydrogen-bond donors (Lipinski definition) is 3. The van der Waals surface area contributed by atoms with Crippen LogP contribution >= 0.6 is 12.2 Å². The van der Waals surface area contributed by atoms with Crippen LogP contribution in [0.1, 0.15) is 11.1 Å². The van der Waals surface area contributed by atoms with Gasteiger partial charge in [0.25, 0.3) is 0 Å². The van der Waals surface area contributed by atoms with E-state index in [4.69, 9.17) is 18.1 Å². The average Bonchev–Trinajstić information content (AvgIpc) is 2.59. The Balaban J connectivity index is 2.01. The number of thiocarbonyl (C=S) groups is 1. The van der Waals surface area contributed by atoms with Gasteiger partial charge in [-0.05, 0) is 36.2 Å². The molecule has 0 atom stereocenters. The number of rotatable bonds is 1. The Kier molecular flexibility index (Phi) is 2.65. The van der Waals surface area contributed by atoms with Crippen molar-refractivity contribution < 1.29 is 0 Å². The largest absolute Gasteiger partial charge is 0.358 e. The molecule has 1 aliphatic rings. The van der Waals surface area contributed by atoms with Crippen molar-refractivity contribution >= 4 is 17.3 Å². The second kappa shape index (κ2) is 3.94. The van der Waals surface area contributed by atoms with Gasteiger partial charge in [-0.15, -0.1) is 0 Å². The minimum atomic E-state index is 0.385. The number of hydrazine groups is 1. The summed E-state index contributed by atoms with van der Waals surface area (Å²) in [5.74, 6) is 5.20. The molecule has 0 saturated heterocycles. The third kappa shape index (κ3) is 1.86. The van der Waals surface area contributed by atoms with Gasteiger partial charge in [-0.2, -0.15) is 0 Å². The van der Waals surface area contributed by atoms with E-state index in [0.717, 1.165) is 12.8 Å². The van der Waals surface area contributed by atoms with Crippen LogP contribution in [0, 0.1) is 0 Å². The molecule has 0 aromatic heterocycles. The molecule has 4 heteroatoms. The minimum absolute atomic E-state index is 0.385. The fourth-order valence-corrected chi connectivity index (χ4v) is 2.05. The zero-order chi connectivity index (χ0) is 9.97. The molecule has 0 bridgehead atoms. The van der Waals surface area contributed by atoms with E-state index < -0.39 is 0 Å². The van der Waals surface area contributed by atoms with Gasteiger partial charge in [0.15, 0.2) is 5.11 Å². The highest BCUT2D eigenvalue weighted by Crippen LogP contribution is 2.21. The van der Waals surface area contributed by atoms with Gasteiger partial charge in [0.1, 0.15) is 0 Å². The first-order chi connectivity index (χ1) is 6.79. The molecular weight excluding hydrogens is 194 g/mol. The van der Waals surface area contributed by atoms with Crippen LogP contribution in [0.25, 0.3) is 0 Å². The molecule has 0 radical (unpaired) electrons. The van der Waals surface area contributed by atoms with Crippen molar-refractivity contribution in [2.75, 3.05) is 0 Å². The third-order valence-corrected chi connectivity index (χ3v) is 2.75. The lowest BCUT2D eigenvalue weighted by Gasteiger charge is -2.13. The summed E-state index contributed by atoms with van der Waals surface area (Å²) in [7, 11) is 0. The SMILES string of the molecule is NNC(=S)NC1Cc2ccccc2C1. The minimum Gasteiger partial charge on any atom is -0.358 e. The van der Waals surface area contributed by atoms with E-state index in [1.165, 1.54) is 11.1 Å². The summed E-state index contributed by atoms with van der Waals surface area (Å²) < 4.78 is 0. The average molecular weight is 207 g/mol. The maximum absolute atomic E-state index is 5.20. The second-order valence-corrected chi connectivity index (χ2v) is 3.90. The summed E-state index contributed by atoms with van der Waals surface area (Å²) in [6.07, 6.45) is 2.05. The van der Waals surface area contributed by atoms with Gasteiger partial charge in [0.05, 0.1) is 0 Å². The predicted molar refractivity (Wildman–Crippen MR) is 60.7 cm³/mol. The molecule has 0 spiro atoms. The fourth-order valence-electron chi connectivity index (χ4n) is 1.89. The summed E-state index contributed by atoms with van der Waals surface area (Å²) in [5.41, 5.74) is 5.25. The number of nitrogens with one attached hydrogen (secondary N) is 2. The Morgan fingerprint density at radius 1 is 1.29 bits per heavy atom. The summed E-state index contributed by atoms with van der Waals surface area (Å²) in [5, 5.41) is 3.69. The number of hydrogen-bond acceptors (Lipinski definition) is 2. The number of benzene rings is 1. The Morgan fingerprint density at radius 2 is 1.86 bits per heavy atom. The molecule has 0 saturated carbocycles. The summed E-state index contributed by atoms with van der Waals surface area (Å²) >= 11 is 4.96. The Hall–Kier alpha value is -1.13. The smallest absolute Gasteiger partial charge is 0.180 e. The molecule has 0 aliphatic heterocycles. The second-order valence-electron chi connectivity index (χ2n) is 3.49. The maximum Gasteiger partial charge on any atom is 0.180 e. The van der Waals surface area contributed by atoms with E-state index in [2.05, 4.69) is 35.0 Å². The molecule has 74 valence electrons. The van der Waals surface area contributed by atoms with Crippen LogP contribution in [-0.4, -0.2) is 11.2 Å². The first kappa shape index (κ1) is 9.43. The Labute approximate surface area is 88.7 Å². The fraction of sp³-hybridized carbons (Fsp3) is 0.300.